The molecule has 24 heavy (non-hydrogen) atoms. The Morgan fingerprint density at radius 3 is 2.88 bits per heavy atom. The van der Waals surface area contributed by atoms with E-state index in [1.54, 1.807) is 6.07 Å². The van der Waals surface area contributed by atoms with Gasteiger partial charge < -0.3 is 5.32 Å². The maximum atomic E-state index is 13.8. The number of carbonyl (C=O) groups is 1. The Morgan fingerprint density at radius 2 is 2.17 bits per heavy atom. The summed E-state index contributed by atoms with van der Waals surface area (Å²) in [5.41, 5.74) is 1.22. The number of nitrogens with one attached hydrogen (secondary N) is 1. The lowest BCUT2D eigenvalue weighted by atomic mass is 10.1. The summed E-state index contributed by atoms with van der Waals surface area (Å²) in [7, 11) is 0. The highest BCUT2D eigenvalue weighted by molar-refractivity contribution is 5.82. The first-order valence-electron chi connectivity index (χ1n) is 8.23. The number of halogens is 2. The number of nitrogens with zero attached hydrogens (tertiary/aromatic N) is 2. The number of aromatic nitrogens is 2. The van der Waals surface area contributed by atoms with Gasteiger partial charge in [-0.2, -0.15) is 5.10 Å². The normalized spacial score (nSPS) is 19.5. The van der Waals surface area contributed by atoms with Gasteiger partial charge in [0.25, 0.3) is 0 Å². The first kappa shape index (κ1) is 16.6. The van der Waals surface area contributed by atoms with Crippen molar-refractivity contribution >= 4 is 5.91 Å². The summed E-state index contributed by atoms with van der Waals surface area (Å²) >= 11 is 0. The second kappa shape index (κ2) is 6.71. The predicted molar refractivity (Wildman–Crippen MR) is 86.5 cm³/mol. The third-order valence-electron chi connectivity index (χ3n) is 4.38. The van der Waals surface area contributed by atoms with Crippen molar-refractivity contribution in [3.8, 4) is 0 Å². The number of hydrogen-bond acceptors (Lipinski definition) is 2. The fraction of sp³-hybridized carbons (Fsp3) is 0.444. The van der Waals surface area contributed by atoms with E-state index in [0.29, 0.717) is 31.0 Å². The molecule has 3 rings (SSSR count). The minimum Gasteiger partial charge on any atom is -0.355 e. The Hall–Kier alpha value is -2.24. The van der Waals surface area contributed by atoms with E-state index >= 15 is 0 Å². The van der Waals surface area contributed by atoms with E-state index in [0.717, 1.165) is 11.8 Å². The zero-order valence-electron chi connectivity index (χ0n) is 13.8. The zero-order chi connectivity index (χ0) is 17.3. The van der Waals surface area contributed by atoms with Crippen LogP contribution in [0.15, 0.2) is 30.5 Å². The van der Waals surface area contributed by atoms with Gasteiger partial charge in [-0.3, -0.25) is 9.48 Å². The van der Waals surface area contributed by atoms with Gasteiger partial charge in [0, 0.05) is 31.1 Å². The number of rotatable bonds is 6. The number of amides is 1. The van der Waals surface area contributed by atoms with E-state index in [2.05, 4.69) is 24.3 Å². The van der Waals surface area contributed by atoms with Crippen molar-refractivity contribution < 1.29 is 13.6 Å². The molecule has 2 atom stereocenters. The molecule has 6 heteroatoms. The first-order valence-corrected chi connectivity index (χ1v) is 8.23. The van der Waals surface area contributed by atoms with E-state index in [4.69, 9.17) is 0 Å². The van der Waals surface area contributed by atoms with E-state index in [9.17, 15) is 13.6 Å². The summed E-state index contributed by atoms with van der Waals surface area (Å²) in [5, 5.41) is 7.29. The fourth-order valence-corrected chi connectivity index (χ4v) is 2.88. The van der Waals surface area contributed by atoms with Crippen LogP contribution in [0.2, 0.25) is 0 Å². The molecule has 1 aromatic heterocycles. The van der Waals surface area contributed by atoms with Crippen molar-refractivity contribution in [1.82, 2.24) is 15.1 Å². The zero-order valence-corrected chi connectivity index (χ0v) is 13.8. The average Bonchev–Trinajstić information content (AvgIpc) is 3.19. The van der Waals surface area contributed by atoms with E-state index in [1.165, 1.54) is 6.07 Å². The molecule has 0 aliphatic heterocycles. The first-order chi connectivity index (χ1) is 11.5. The molecule has 1 aliphatic carbocycles. The van der Waals surface area contributed by atoms with Gasteiger partial charge in [-0.05, 0) is 43.9 Å². The standard InChI is InChI=1S/C18H21F2N3O/c1-11(2)23-9-7-12(22-23)6-8-21-18(24)15-10-14(15)13-4-3-5-16(19)17(13)20/h3-5,7,9,11,14-15H,6,8,10H2,1-2H3,(H,21,24)/t14-,15-/m1/s1. The van der Waals surface area contributed by atoms with Crippen LogP contribution in [-0.4, -0.2) is 22.2 Å². The molecule has 128 valence electrons. The molecule has 0 spiro atoms. The minimum atomic E-state index is -0.862. The summed E-state index contributed by atoms with van der Waals surface area (Å²) in [4.78, 5) is 12.1. The highest BCUT2D eigenvalue weighted by atomic mass is 19.2. The van der Waals surface area contributed by atoms with Crippen LogP contribution in [0.5, 0.6) is 0 Å². The Morgan fingerprint density at radius 1 is 1.38 bits per heavy atom. The molecule has 1 heterocycles. The van der Waals surface area contributed by atoms with Crippen molar-refractivity contribution in [3.63, 3.8) is 0 Å². The number of carbonyl (C=O) groups excluding carboxylic acids is 1. The molecule has 0 saturated heterocycles. The van der Waals surface area contributed by atoms with Gasteiger partial charge in [0.15, 0.2) is 11.6 Å². The second-order valence-electron chi connectivity index (χ2n) is 6.51. The molecule has 4 nitrogen and oxygen atoms in total. The smallest absolute Gasteiger partial charge is 0.223 e. The number of benzene rings is 1. The van der Waals surface area contributed by atoms with Crippen LogP contribution in [0.4, 0.5) is 8.78 Å². The fourth-order valence-electron chi connectivity index (χ4n) is 2.88. The average molecular weight is 333 g/mol. The van der Waals surface area contributed by atoms with E-state index < -0.39 is 11.6 Å². The van der Waals surface area contributed by atoms with Crippen LogP contribution in [0.1, 0.15) is 43.5 Å². The Bertz CT molecular complexity index is 742. The van der Waals surface area contributed by atoms with Crippen molar-refractivity contribution in [2.45, 2.75) is 38.6 Å². The van der Waals surface area contributed by atoms with Gasteiger partial charge >= 0.3 is 0 Å². The van der Waals surface area contributed by atoms with Gasteiger partial charge in [0.05, 0.1) is 5.69 Å². The van der Waals surface area contributed by atoms with Gasteiger partial charge in [-0.1, -0.05) is 12.1 Å². The SMILES string of the molecule is CC(C)n1ccc(CCNC(=O)[C@@H]2C[C@@H]2c2cccc(F)c2F)n1. The Balaban J connectivity index is 1.49. The lowest BCUT2D eigenvalue weighted by molar-refractivity contribution is -0.122. The maximum Gasteiger partial charge on any atom is 0.223 e. The molecule has 1 saturated carbocycles. The summed E-state index contributed by atoms with van der Waals surface area (Å²) in [6.45, 7) is 4.59. The monoisotopic (exact) mass is 333 g/mol. The molecule has 1 aromatic carbocycles. The van der Waals surface area contributed by atoms with Crippen LogP contribution in [0, 0.1) is 17.6 Å². The van der Waals surface area contributed by atoms with Gasteiger partial charge in [-0.15, -0.1) is 0 Å². The van der Waals surface area contributed by atoms with Crippen LogP contribution in [-0.2, 0) is 11.2 Å². The molecule has 2 aromatic rings. The predicted octanol–water partition coefficient (Wildman–Crippen LogP) is 3.20. The highest BCUT2D eigenvalue weighted by Crippen LogP contribution is 2.48. The molecule has 0 radical (unpaired) electrons. The molecule has 1 amide bonds. The Labute approximate surface area is 139 Å². The quantitative estimate of drug-likeness (QED) is 0.882. The molecule has 1 N–H and O–H groups in total. The van der Waals surface area contributed by atoms with Crippen molar-refractivity contribution in [2.75, 3.05) is 6.54 Å². The van der Waals surface area contributed by atoms with Crippen LogP contribution in [0.3, 0.4) is 0 Å². The number of hydrogen-bond donors (Lipinski definition) is 1. The van der Waals surface area contributed by atoms with Gasteiger partial charge in [-0.25, -0.2) is 8.78 Å². The summed E-state index contributed by atoms with van der Waals surface area (Å²) in [6.07, 6.45) is 3.14. The molecule has 0 bridgehead atoms. The van der Waals surface area contributed by atoms with Crippen molar-refractivity contribution in [3.05, 3.63) is 53.4 Å². The summed E-state index contributed by atoms with van der Waals surface area (Å²) in [5.74, 6) is -2.29. The van der Waals surface area contributed by atoms with Crippen LogP contribution in [0.25, 0.3) is 0 Å². The Kier molecular flexibility index (Phi) is 4.64. The van der Waals surface area contributed by atoms with Crippen molar-refractivity contribution in [1.29, 1.82) is 0 Å². The molecule has 1 fully saturated rings. The molecular weight excluding hydrogens is 312 g/mol. The molecule has 1 aliphatic rings. The molecule has 0 unspecified atom stereocenters. The summed E-state index contributed by atoms with van der Waals surface area (Å²) < 4.78 is 28.9. The largest absolute Gasteiger partial charge is 0.355 e. The topological polar surface area (TPSA) is 46.9 Å². The summed E-state index contributed by atoms with van der Waals surface area (Å²) in [6, 6.07) is 6.36. The van der Waals surface area contributed by atoms with E-state index in [1.807, 2.05) is 16.9 Å². The van der Waals surface area contributed by atoms with Crippen molar-refractivity contribution in [2.24, 2.45) is 5.92 Å². The lowest BCUT2D eigenvalue weighted by Gasteiger charge is -2.06. The molecular formula is C18H21F2N3O. The minimum absolute atomic E-state index is 0.105. The third kappa shape index (κ3) is 3.47. The van der Waals surface area contributed by atoms with Gasteiger partial charge in [0.1, 0.15) is 0 Å². The highest BCUT2D eigenvalue weighted by Gasteiger charge is 2.45. The van der Waals surface area contributed by atoms with Gasteiger partial charge in [0.2, 0.25) is 5.91 Å². The third-order valence-corrected chi connectivity index (χ3v) is 4.38. The second-order valence-corrected chi connectivity index (χ2v) is 6.51. The maximum absolute atomic E-state index is 13.8. The van der Waals surface area contributed by atoms with Crippen LogP contribution >= 0.6 is 0 Å². The van der Waals surface area contributed by atoms with Crippen LogP contribution < -0.4 is 5.32 Å². The van der Waals surface area contributed by atoms with E-state index in [-0.39, 0.29) is 17.7 Å². The lowest BCUT2D eigenvalue weighted by Crippen LogP contribution is -2.27.